The van der Waals surface area contributed by atoms with Gasteiger partial charge in [-0.25, -0.2) is 4.57 Å². The lowest BCUT2D eigenvalue weighted by atomic mass is 10.0. The molecule has 0 rings (SSSR count). The summed E-state index contributed by atoms with van der Waals surface area (Å²) in [5.41, 5.74) is 0. The predicted octanol–water partition coefficient (Wildman–Crippen LogP) is 20.6. The molecule has 79 heavy (non-hydrogen) atoms. The van der Waals surface area contributed by atoms with Gasteiger partial charge in [0.25, 0.3) is 0 Å². The Kier molecular flexibility index (Phi) is 56.3. The molecule has 458 valence electrons. The standard InChI is InChI=1S/C69H125N2O7P/c1-7-10-13-16-19-22-25-27-29-31-33-34-35-36-38-39-41-43-46-49-52-55-58-61-68(72)70-66(65-77-79(74,75)76-64-63-71(4,5)6)67(60-57-54-51-48-45-24-21-18-15-12-9-3)78-69(73)62-59-56-53-50-47-44-42-40-37-32-30-28-26-23-20-17-14-11-8-2/h11,14,20,23,27-30,37,40,44,47,57,60,66-67H,7-10,12-13,15-19,21-22,24-26,31-36,38-39,41-43,45-46,48-56,58-59,61-65H2,1-6H3,(H-,70,72,74,75)/p+1/b14-11-,23-20-,29-27+,30-28-,40-37-,47-44-,60-57-. The highest BCUT2D eigenvalue weighted by Crippen LogP contribution is 2.43. The molecule has 0 heterocycles. The van der Waals surface area contributed by atoms with Gasteiger partial charge < -0.3 is 19.4 Å². The number of nitrogens with one attached hydrogen (secondary N) is 1. The van der Waals surface area contributed by atoms with Gasteiger partial charge in [0.1, 0.15) is 19.3 Å². The minimum absolute atomic E-state index is 0.0320. The summed E-state index contributed by atoms with van der Waals surface area (Å²) in [6.45, 7) is 6.88. The summed E-state index contributed by atoms with van der Waals surface area (Å²) in [4.78, 5) is 37.8. The minimum atomic E-state index is -4.46. The quantitative estimate of drug-likeness (QED) is 0.0205. The van der Waals surface area contributed by atoms with Crippen molar-refractivity contribution in [2.24, 2.45) is 0 Å². The molecule has 0 saturated heterocycles. The molecule has 0 aromatic heterocycles. The van der Waals surface area contributed by atoms with Crippen LogP contribution in [0.15, 0.2) is 85.1 Å². The molecular formula is C69H126N2O7P+. The maximum atomic E-state index is 13.6. The smallest absolute Gasteiger partial charge is 0.456 e. The third kappa shape index (κ3) is 59.6. The summed E-state index contributed by atoms with van der Waals surface area (Å²) in [6.07, 6.45) is 77.3. The number of rotatable bonds is 59. The topological polar surface area (TPSA) is 111 Å². The maximum Gasteiger partial charge on any atom is 0.472 e. The molecule has 10 heteroatoms. The second-order valence-corrected chi connectivity index (χ2v) is 24.7. The predicted molar refractivity (Wildman–Crippen MR) is 341 cm³/mol. The number of ether oxygens (including phenoxy) is 1. The Labute approximate surface area is 488 Å². The fourth-order valence-electron chi connectivity index (χ4n) is 9.26. The van der Waals surface area contributed by atoms with E-state index in [0.717, 1.165) is 89.9 Å². The van der Waals surface area contributed by atoms with Gasteiger partial charge in [-0.05, 0) is 102 Å². The lowest BCUT2D eigenvalue weighted by Gasteiger charge is -2.27. The molecule has 3 atom stereocenters. The van der Waals surface area contributed by atoms with Crippen LogP contribution in [0.25, 0.3) is 0 Å². The third-order valence-corrected chi connectivity index (χ3v) is 15.3. The fraction of sp³-hybridized carbons (Fsp3) is 0.768. The molecule has 0 aliphatic heterocycles. The first kappa shape index (κ1) is 76.2. The van der Waals surface area contributed by atoms with Gasteiger partial charge in [0.05, 0.1) is 33.8 Å². The second-order valence-electron chi connectivity index (χ2n) is 23.3. The van der Waals surface area contributed by atoms with E-state index in [2.05, 4.69) is 99.0 Å². The molecule has 0 aromatic carbocycles. The van der Waals surface area contributed by atoms with Gasteiger partial charge in [0, 0.05) is 12.8 Å². The average molecular weight is 1130 g/mol. The van der Waals surface area contributed by atoms with E-state index < -0.39 is 20.0 Å². The van der Waals surface area contributed by atoms with E-state index in [1.165, 1.54) is 161 Å². The van der Waals surface area contributed by atoms with Gasteiger partial charge in [0.15, 0.2) is 0 Å². The van der Waals surface area contributed by atoms with E-state index in [1.54, 1.807) is 0 Å². The molecule has 0 radical (unpaired) electrons. The number of carbonyl (C=O) groups is 2. The molecule has 1 amide bonds. The van der Waals surface area contributed by atoms with Crippen molar-refractivity contribution in [3.63, 3.8) is 0 Å². The van der Waals surface area contributed by atoms with E-state index in [9.17, 15) is 19.0 Å². The van der Waals surface area contributed by atoms with Crippen molar-refractivity contribution in [1.82, 2.24) is 5.32 Å². The van der Waals surface area contributed by atoms with Gasteiger partial charge in [-0.2, -0.15) is 0 Å². The van der Waals surface area contributed by atoms with Crippen LogP contribution in [0.2, 0.25) is 0 Å². The van der Waals surface area contributed by atoms with Gasteiger partial charge >= 0.3 is 13.8 Å². The van der Waals surface area contributed by atoms with Crippen LogP contribution < -0.4 is 5.32 Å². The number of carbonyl (C=O) groups excluding carboxylic acids is 2. The molecule has 0 aromatic rings. The van der Waals surface area contributed by atoms with E-state index >= 15 is 0 Å². The van der Waals surface area contributed by atoms with Crippen LogP contribution in [0.1, 0.15) is 290 Å². The number of quaternary nitrogens is 1. The number of amides is 1. The van der Waals surface area contributed by atoms with Crippen molar-refractivity contribution in [3.05, 3.63) is 85.1 Å². The summed E-state index contributed by atoms with van der Waals surface area (Å²) in [5, 5.41) is 3.05. The number of phosphoric ester groups is 1. The maximum absolute atomic E-state index is 13.6. The Balaban J connectivity index is 5.17. The van der Waals surface area contributed by atoms with Crippen LogP contribution >= 0.6 is 7.82 Å². The van der Waals surface area contributed by atoms with Crippen molar-refractivity contribution in [2.45, 2.75) is 303 Å². The van der Waals surface area contributed by atoms with Crippen LogP contribution in [0, 0.1) is 0 Å². The highest BCUT2D eigenvalue weighted by atomic mass is 31.2. The molecule has 0 spiro atoms. The Morgan fingerprint density at radius 1 is 0.456 bits per heavy atom. The Morgan fingerprint density at radius 2 is 0.810 bits per heavy atom. The normalized spacial score (nSPS) is 14.2. The van der Waals surface area contributed by atoms with Crippen molar-refractivity contribution < 1.29 is 37.3 Å². The summed E-state index contributed by atoms with van der Waals surface area (Å²) < 4.78 is 30.7. The van der Waals surface area contributed by atoms with Crippen molar-refractivity contribution >= 4 is 19.7 Å². The monoisotopic (exact) mass is 1130 g/mol. The van der Waals surface area contributed by atoms with Crippen molar-refractivity contribution in [1.29, 1.82) is 0 Å². The molecule has 9 nitrogen and oxygen atoms in total. The number of nitrogens with zero attached hydrogens (tertiary/aromatic N) is 1. The molecule has 0 aliphatic rings. The van der Waals surface area contributed by atoms with Gasteiger partial charge in [-0.15, -0.1) is 0 Å². The number of hydrogen-bond donors (Lipinski definition) is 2. The fourth-order valence-corrected chi connectivity index (χ4v) is 9.99. The summed E-state index contributed by atoms with van der Waals surface area (Å²) in [7, 11) is 1.47. The lowest BCUT2D eigenvalue weighted by Crippen LogP contribution is -2.47. The molecule has 0 fully saturated rings. The number of esters is 1. The van der Waals surface area contributed by atoms with E-state index in [-0.39, 0.29) is 31.5 Å². The highest BCUT2D eigenvalue weighted by Gasteiger charge is 2.30. The SMILES string of the molecule is CC/C=C\C/C=C\C/C=C\C/C=C\C/C=C\CCCCCC(=O)OC(/C=C\CCCCCCCCCCC)C(COP(=O)(O)OCC[N+](C)(C)C)NC(=O)CCCCCCCCCCCCCCC/C=C/CCCCCCCC. The first-order valence-corrected chi connectivity index (χ1v) is 34.4. The zero-order valence-electron chi connectivity index (χ0n) is 52.3. The van der Waals surface area contributed by atoms with Crippen LogP contribution in [0.3, 0.4) is 0 Å². The van der Waals surface area contributed by atoms with Crippen molar-refractivity contribution in [2.75, 3.05) is 40.9 Å². The van der Waals surface area contributed by atoms with E-state index in [0.29, 0.717) is 23.9 Å². The minimum Gasteiger partial charge on any atom is -0.456 e. The van der Waals surface area contributed by atoms with Crippen LogP contribution in [0.5, 0.6) is 0 Å². The Morgan fingerprint density at radius 3 is 1.24 bits per heavy atom. The molecular weight excluding hydrogens is 1000 g/mol. The molecule has 0 bridgehead atoms. The van der Waals surface area contributed by atoms with Crippen LogP contribution in [-0.4, -0.2) is 74.3 Å². The zero-order valence-corrected chi connectivity index (χ0v) is 53.2. The molecule has 3 unspecified atom stereocenters. The molecule has 0 saturated carbocycles. The number of hydrogen-bond acceptors (Lipinski definition) is 6. The first-order chi connectivity index (χ1) is 38.4. The van der Waals surface area contributed by atoms with Crippen LogP contribution in [-0.2, 0) is 27.9 Å². The van der Waals surface area contributed by atoms with E-state index in [1.807, 2.05) is 33.3 Å². The molecule has 2 N–H and O–H groups in total. The largest absolute Gasteiger partial charge is 0.472 e. The molecule has 0 aliphatic carbocycles. The lowest BCUT2D eigenvalue weighted by molar-refractivity contribution is -0.870. The summed E-state index contributed by atoms with van der Waals surface area (Å²) in [5.74, 6) is -0.540. The second kappa shape index (κ2) is 58.4. The van der Waals surface area contributed by atoms with Gasteiger partial charge in [0.2, 0.25) is 5.91 Å². The summed E-state index contributed by atoms with van der Waals surface area (Å²) >= 11 is 0. The number of allylic oxidation sites excluding steroid dienone is 13. The number of unbranched alkanes of at least 4 members (excludes halogenated alkanes) is 31. The van der Waals surface area contributed by atoms with Gasteiger partial charge in [-0.3, -0.25) is 18.6 Å². The van der Waals surface area contributed by atoms with E-state index in [4.69, 9.17) is 13.8 Å². The Bertz CT molecular complexity index is 1630. The first-order valence-electron chi connectivity index (χ1n) is 32.9. The average Bonchev–Trinajstić information content (AvgIpc) is 3.41. The van der Waals surface area contributed by atoms with Crippen molar-refractivity contribution in [3.8, 4) is 0 Å². The van der Waals surface area contributed by atoms with Gasteiger partial charge in [-0.1, -0.05) is 260 Å². The third-order valence-electron chi connectivity index (χ3n) is 14.3. The number of likely N-dealkylation sites (N-methyl/N-ethyl adjacent to an activating group) is 1. The highest BCUT2D eigenvalue weighted by molar-refractivity contribution is 7.47. The number of phosphoric acid groups is 1. The zero-order chi connectivity index (χ0) is 57.9. The summed E-state index contributed by atoms with van der Waals surface area (Å²) in [6, 6.07) is -0.865. The Hall–Kier alpha value is -2.81. The van der Waals surface area contributed by atoms with Crippen LogP contribution in [0.4, 0.5) is 0 Å².